The van der Waals surface area contributed by atoms with Crippen LogP contribution in [0.4, 0.5) is 5.69 Å². The van der Waals surface area contributed by atoms with Gasteiger partial charge in [0, 0.05) is 32.3 Å². The van der Waals surface area contributed by atoms with Gasteiger partial charge < -0.3 is 10.2 Å². The average Bonchev–Trinajstić information content (AvgIpc) is 3.56. The molecule has 1 aliphatic carbocycles. The minimum absolute atomic E-state index is 0. The van der Waals surface area contributed by atoms with Gasteiger partial charge in [-0.3, -0.25) is 15.0 Å². The SMILES string of the molecule is CCN(C(=O)c1ccc(NC(=O)Cc2ccc(S(=O)(=O)CC3CC3)cc2)cc1)C1CC(C)NN1C.[HH]. The molecule has 9 heteroatoms. The molecular formula is C26H36N4O4S. The van der Waals surface area contributed by atoms with Gasteiger partial charge in [0.1, 0.15) is 0 Å². The zero-order valence-corrected chi connectivity index (χ0v) is 21.3. The highest BCUT2D eigenvalue weighted by Gasteiger charge is 2.33. The van der Waals surface area contributed by atoms with E-state index in [0.29, 0.717) is 34.7 Å². The van der Waals surface area contributed by atoms with Crippen LogP contribution in [0.2, 0.25) is 0 Å². The van der Waals surface area contributed by atoms with Gasteiger partial charge in [0.2, 0.25) is 5.91 Å². The second-order valence-electron chi connectivity index (χ2n) is 9.62. The zero-order chi connectivity index (χ0) is 25.2. The summed E-state index contributed by atoms with van der Waals surface area (Å²) in [6.45, 7) is 4.66. The van der Waals surface area contributed by atoms with E-state index >= 15 is 0 Å². The number of hydrogen-bond donors (Lipinski definition) is 2. The Bertz CT molecular complexity index is 1170. The molecular weight excluding hydrogens is 464 g/mol. The number of sulfone groups is 1. The highest BCUT2D eigenvalue weighted by atomic mass is 32.2. The molecule has 2 aromatic carbocycles. The third-order valence-electron chi connectivity index (χ3n) is 6.61. The smallest absolute Gasteiger partial charge is 0.255 e. The number of benzene rings is 2. The quantitative estimate of drug-likeness (QED) is 0.548. The molecule has 4 rings (SSSR count). The lowest BCUT2D eigenvalue weighted by Gasteiger charge is -2.32. The Labute approximate surface area is 209 Å². The van der Waals surface area contributed by atoms with E-state index < -0.39 is 9.84 Å². The number of amides is 2. The molecule has 2 atom stereocenters. The summed E-state index contributed by atoms with van der Waals surface area (Å²) in [5.41, 5.74) is 5.23. The van der Waals surface area contributed by atoms with Crippen molar-refractivity contribution in [1.82, 2.24) is 15.3 Å². The van der Waals surface area contributed by atoms with Crippen LogP contribution in [0, 0.1) is 5.92 Å². The lowest BCUT2D eigenvalue weighted by molar-refractivity contribution is -0.115. The molecule has 190 valence electrons. The standard InChI is InChI=1S/C26H34N4O4S.H2/c1-4-30(25-15-18(2)28-29(25)3)26(32)21-9-11-22(12-10-21)27-24(31)16-19-7-13-23(14-8-19)35(33,34)17-20-5-6-20;/h7-14,18,20,25,28H,4-6,15-17H2,1-3H3,(H,27,31);1H. The summed E-state index contributed by atoms with van der Waals surface area (Å²) < 4.78 is 24.8. The Morgan fingerprint density at radius 1 is 1.11 bits per heavy atom. The zero-order valence-electron chi connectivity index (χ0n) is 20.5. The first-order valence-corrected chi connectivity index (χ1v) is 13.8. The summed E-state index contributed by atoms with van der Waals surface area (Å²) in [6.07, 6.45) is 2.96. The molecule has 8 nitrogen and oxygen atoms in total. The summed E-state index contributed by atoms with van der Waals surface area (Å²) in [4.78, 5) is 27.8. The highest BCUT2D eigenvalue weighted by Crippen LogP contribution is 2.32. The molecule has 0 bridgehead atoms. The van der Waals surface area contributed by atoms with Crippen LogP contribution in [0.3, 0.4) is 0 Å². The third-order valence-corrected chi connectivity index (χ3v) is 8.51. The van der Waals surface area contributed by atoms with Gasteiger partial charge in [-0.25, -0.2) is 13.4 Å². The van der Waals surface area contributed by atoms with E-state index in [-0.39, 0.29) is 31.6 Å². The Balaban J connectivity index is 0.00000361. The monoisotopic (exact) mass is 500 g/mol. The van der Waals surface area contributed by atoms with Crippen LogP contribution >= 0.6 is 0 Å². The number of nitrogens with one attached hydrogen (secondary N) is 2. The molecule has 0 spiro atoms. The second kappa shape index (κ2) is 10.5. The highest BCUT2D eigenvalue weighted by molar-refractivity contribution is 7.91. The van der Waals surface area contributed by atoms with E-state index in [1.165, 1.54) is 0 Å². The molecule has 2 aliphatic rings. The number of carbonyl (C=O) groups excluding carboxylic acids is 2. The van der Waals surface area contributed by atoms with E-state index in [1.54, 1.807) is 48.5 Å². The molecule has 0 aromatic heterocycles. The van der Waals surface area contributed by atoms with Crippen molar-refractivity contribution in [3.05, 3.63) is 59.7 Å². The molecule has 1 saturated carbocycles. The van der Waals surface area contributed by atoms with Crippen LogP contribution in [-0.2, 0) is 21.1 Å². The molecule has 1 aliphatic heterocycles. The minimum Gasteiger partial charge on any atom is -0.326 e. The van der Waals surface area contributed by atoms with Crippen LogP contribution in [0.25, 0.3) is 0 Å². The second-order valence-corrected chi connectivity index (χ2v) is 11.7. The molecule has 2 amide bonds. The fraction of sp³-hybridized carbons (Fsp3) is 0.462. The first-order valence-electron chi connectivity index (χ1n) is 12.2. The maximum absolute atomic E-state index is 13.1. The molecule has 0 radical (unpaired) electrons. The maximum atomic E-state index is 13.1. The minimum atomic E-state index is -3.26. The van der Waals surface area contributed by atoms with Crippen molar-refractivity contribution >= 4 is 27.3 Å². The van der Waals surface area contributed by atoms with Crippen molar-refractivity contribution in [3.63, 3.8) is 0 Å². The van der Waals surface area contributed by atoms with Gasteiger partial charge in [0.15, 0.2) is 9.84 Å². The molecule has 2 N–H and O–H groups in total. The van der Waals surface area contributed by atoms with E-state index in [9.17, 15) is 18.0 Å². The number of rotatable bonds is 9. The lowest BCUT2D eigenvalue weighted by atomic mass is 10.1. The van der Waals surface area contributed by atoms with Crippen LogP contribution < -0.4 is 10.7 Å². The molecule has 35 heavy (non-hydrogen) atoms. The van der Waals surface area contributed by atoms with Crippen molar-refractivity contribution in [1.29, 1.82) is 0 Å². The summed E-state index contributed by atoms with van der Waals surface area (Å²) >= 11 is 0. The predicted molar refractivity (Wildman–Crippen MR) is 138 cm³/mol. The summed E-state index contributed by atoms with van der Waals surface area (Å²) in [5, 5.41) is 4.83. The van der Waals surface area contributed by atoms with Crippen LogP contribution in [0.15, 0.2) is 53.4 Å². The fourth-order valence-electron chi connectivity index (χ4n) is 4.54. The van der Waals surface area contributed by atoms with E-state index in [4.69, 9.17) is 0 Å². The Morgan fingerprint density at radius 3 is 2.31 bits per heavy atom. The maximum Gasteiger partial charge on any atom is 0.255 e. The van der Waals surface area contributed by atoms with Crippen molar-refractivity contribution in [2.45, 2.75) is 56.6 Å². The van der Waals surface area contributed by atoms with Crippen LogP contribution in [0.5, 0.6) is 0 Å². The topological polar surface area (TPSA) is 98.8 Å². The van der Waals surface area contributed by atoms with Gasteiger partial charge in [-0.15, -0.1) is 0 Å². The Kier molecular flexibility index (Phi) is 7.59. The van der Waals surface area contributed by atoms with Gasteiger partial charge >= 0.3 is 0 Å². The number of hydrogen-bond acceptors (Lipinski definition) is 6. The van der Waals surface area contributed by atoms with Crippen molar-refractivity contribution in [2.75, 3.05) is 24.7 Å². The average molecular weight is 501 g/mol. The molecule has 2 unspecified atom stereocenters. The van der Waals surface area contributed by atoms with E-state index in [1.807, 2.05) is 23.9 Å². The van der Waals surface area contributed by atoms with Crippen molar-refractivity contribution in [2.24, 2.45) is 5.92 Å². The largest absolute Gasteiger partial charge is 0.326 e. The number of nitrogens with zero attached hydrogens (tertiary/aromatic N) is 2. The van der Waals surface area contributed by atoms with E-state index in [2.05, 4.69) is 17.7 Å². The molecule has 2 fully saturated rings. The summed E-state index contributed by atoms with van der Waals surface area (Å²) in [7, 11) is -1.31. The van der Waals surface area contributed by atoms with Crippen LogP contribution in [0.1, 0.15) is 50.5 Å². The van der Waals surface area contributed by atoms with Gasteiger partial charge in [0.05, 0.1) is 23.2 Å². The Hall–Kier alpha value is -2.75. The van der Waals surface area contributed by atoms with Crippen molar-refractivity contribution < 1.29 is 19.4 Å². The lowest BCUT2D eigenvalue weighted by Crippen LogP contribution is -2.48. The normalized spacial score (nSPS) is 20.5. The van der Waals surface area contributed by atoms with Gasteiger partial charge in [-0.05, 0) is 81.0 Å². The number of anilines is 1. The van der Waals surface area contributed by atoms with Crippen molar-refractivity contribution in [3.8, 4) is 0 Å². The van der Waals surface area contributed by atoms with E-state index in [0.717, 1.165) is 24.8 Å². The Morgan fingerprint density at radius 2 is 1.77 bits per heavy atom. The van der Waals surface area contributed by atoms with Gasteiger partial charge in [-0.2, -0.15) is 0 Å². The van der Waals surface area contributed by atoms with Crippen LogP contribution in [-0.4, -0.2) is 61.7 Å². The molecule has 1 saturated heterocycles. The fourth-order valence-corrected chi connectivity index (χ4v) is 6.24. The van der Waals surface area contributed by atoms with Gasteiger partial charge in [0.25, 0.3) is 5.91 Å². The third kappa shape index (κ3) is 6.28. The number of carbonyl (C=O) groups is 2. The summed E-state index contributed by atoms with van der Waals surface area (Å²) in [6, 6.07) is 13.8. The first-order chi connectivity index (χ1) is 16.7. The molecule has 1 heterocycles. The molecule has 2 aromatic rings. The number of hydrazine groups is 1. The summed E-state index contributed by atoms with van der Waals surface area (Å²) in [5.74, 6) is 0.242. The van der Waals surface area contributed by atoms with Gasteiger partial charge in [-0.1, -0.05) is 12.1 Å². The first kappa shape index (κ1) is 25.3. The predicted octanol–water partition coefficient (Wildman–Crippen LogP) is 3.31.